The zero-order valence-electron chi connectivity index (χ0n) is 12.3. The molecule has 1 heterocycles. The van der Waals surface area contributed by atoms with Gasteiger partial charge in [0.15, 0.2) is 0 Å². The van der Waals surface area contributed by atoms with Crippen molar-refractivity contribution in [1.29, 1.82) is 0 Å². The van der Waals surface area contributed by atoms with E-state index < -0.39 is 0 Å². The van der Waals surface area contributed by atoms with E-state index in [0.29, 0.717) is 12.0 Å². The van der Waals surface area contributed by atoms with E-state index in [1.165, 1.54) is 6.07 Å². The number of rotatable bonds is 6. The summed E-state index contributed by atoms with van der Waals surface area (Å²) in [6.07, 6.45) is 3.07. The van der Waals surface area contributed by atoms with Gasteiger partial charge in [-0.25, -0.2) is 4.39 Å². The van der Waals surface area contributed by atoms with E-state index in [4.69, 9.17) is 0 Å². The lowest BCUT2D eigenvalue weighted by molar-refractivity contribution is -0.117. The number of aryl methyl sites for hydroxylation is 1. The quantitative estimate of drug-likeness (QED) is 0.817. The van der Waals surface area contributed by atoms with Crippen LogP contribution in [0.3, 0.4) is 0 Å². The second-order valence-corrected chi connectivity index (χ2v) is 5.13. The highest BCUT2D eigenvalue weighted by Crippen LogP contribution is 2.22. The SMILES string of the molecule is CC(=O)CCCNc1ccnc(-c2ccc(C)c(F)c2)c1. The maximum Gasteiger partial charge on any atom is 0.129 e. The molecule has 0 aliphatic heterocycles. The number of carbonyl (C=O) groups is 1. The number of hydrogen-bond donors (Lipinski definition) is 1. The van der Waals surface area contributed by atoms with Crippen LogP contribution in [0.2, 0.25) is 0 Å². The first-order valence-electron chi connectivity index (χ1n) is 7.02. The van der Waals surface area contributed by atoms with Gasteiger partial charge in [0.25, 0.3) is 0 Å². The number of aromatic nitrogens is 1. The van der Waals surface area contributed by atoms with Gasteiger partial charge >= 0.3 is 0 Å². The highest BCUT2D eigenvalue weighted by atomic mass is 19.1. The minimum absolute atomic E-state index is 0.197. The van der Waals surface area contributed by atoms with Crippen molar-refractivity contribution < 1.29 is 9.18 Å². The number of carbonyl (C=O) groups excluding carboxylic acids is 1. The molecule has 0 saturated carbocycles. The third kappa shape index (κ3) is 4.38. The lowest BCUT2D eigenvalue weighted by Gasteiger charge is -2.08. The summed E-state index contributed by atoms with van der Waals surface area (Å²) in [4.78, 5) is 15.2. The van der Waals surface area contributed by atoms with Crippen LogP contribution in [0.15, 0.2) is 36.5 Å². The normalized spacial score (nSPS) is 10.4. The Balaban J connectivity index is 2.06. The highest BCUT2D eigenvalue weighted by molar-refractivity contribution is 5.75. The summed E-state index contributed by atoms with van der Waals surface area (Å²) < 4.78 is 13.6. The van der Waals surface area contributed by atoms with Gasteiger partial charge in [0.2, 0.25) is 0 Å². The maximum absolute atomic E-state index is 13.6. The molecule has 0 unspecified atom stereocenters. The predicted octanol–water partition coefficient (Wildman–Crippen LogP) is 3.98. The van der Waals surface area contributed by atoms with Crippen molar-refractivity contribution in [2.24, 2.45) is 0 Å². The molecule has 3 nitrogen and oxygen atoms in total. The van der Waals surface area contributed by atoms with Gasteiger partial charge in [0, 0.05) is 30.4 Å². The molecule has 1 N–H and O–H groups in total. The van der Waals surface area contributed by atoms with Crippen LogP contribution >= 0.6 is 0 Å². The topological polar surface area (TPSA) is 42.0 Å². The van der Waals surface area contributed by atoms with E-state index in [-0.39, 0.29) is 11.6 Å². The van der Waals surface area contributed by atoms with E-state index in [1.54, 1.807) is 26.1 Å². The van der Waals surface area contributed by atoms with Gasteiger partial charge in [-0.05, 0) is 44.0 Å². The van der Waals surface area contributed by atoms with Crippen LogP contribution in [0, 0.1) is 12.7 Å². The molecule has 0 radical (unpaired) electrons. The van der Waals surface area contributed by atoms with Gasteiger partial charge in [-0.3, -0.25) is 4.98 Å². The average molecular weight is 286 g/mol. The molecule has 1 aromatic heterocycles. The van der Waals surface area contributed by atoms with Crippen LogP contribution in [-0.2, 0) is 4.79 Å². The summed E-state index contributed by atoms with van der Waals surface area (Å²) in [5.41, 5.74) is 3.03. The molecule has 110 valence electrons. The van der Waals surface area contributed by atoms with E-state index in [1.807, 2.05) is 18.2 Å². The Hall–Kier alpha value is -2.23. The summed E-state index contributed by atoms with van der Waals surface area (Å²) in [6.45, 7) is 4.06. The number of benzene rings is 1. The summed E-state index contributed by atoms with van der Waals surface area (Å²) in [5, 5.41) is 3.25. The van der Waals surface area contributed by atoms with Crippen LogP contribution in [-0.4, -0.2) is 17.3 Å². The van der Waals surface area contributed by atoms with Crippen molar-refractivity contribution in [3.05, 3.63) is 47.9 Å². The number of nitrogens with zero attached hydrogens (tertiary/aromatic N) is 1. The first-order valence-corrected chi connectivity index (χ1v) is 7.02. The molecular weight excluding hydrogens is 267 g/mol. The molecule has 0 aliphatic carbocycles. The van der Waals surface area contributed by atoms with Gasteiger partial charge in [-0.1, -0.05) is 12.1 Å². The molecule has 2 aromatic rings. The molecule has 21 heavy (non-hydrogen) atoms. The van der Waals surface area contributed by atoms with Crippen molar-refractivity contribution in [1.82, 2.24) is 4.98 Å². The van der Waals surface area contributed by atoms with E-state index in [0.717, 1.165) is 29.9 Å². The van der Waals surface area contributed by atoms with E-state index in [2.05, 4.69) is 10.3 Å². The summed E-state index contributed by atoms with van der Waals surface area (Å²) in [6, 6.07) is 8.86. The zero-order valence-corrected chi connectivity index (χ0v) is 12.3. The fourth-order valence-corrected chi connectivity index (χ4v) is 2.02. The fraction of sp³-hybridized carbons (Fsp3) is 0.294. The number of halogens is 1. The van der Waals surface area contributed by atoms with Crippen LogP contribution in [0.25, 0.3) is 11.3 Å². The van der Waals surface area contributed by atoms with Crippen LogP contribution < -0.4 is 5.32 Å². The molecule has 1 aromatic carbocycles. The van der Waals surface area contributed by atoms with Gasteiger partial charge in [0.1, 0.15) is 11.6 Å². The first-order chi connectivity index (χ1) is 10.1. The molecule has 0 saturated heterocycles. The van der Waals surface area contributed by atoms with Crippen molar-refractivity contribution in [3.8, 4) is 11.3 Å². The Bertz CT molecular complexity index is 640. The fourth-order valence-electron chi connectivity index (χ4n) is 2.02. The lowest BCUT2D eigenvalue weighted by atomic mass is 10.1. The third-order valence-corrected chi connectivity index (χ3v) is 3.26. The minimum atomic E-state index is -0.228. The molecule has 0 spiro atoms. The number of ketones is 1. The Kier molecular flexibility index (Phi) is 5.04. The Labute approximate surface area is 124 Å². The molecule has 0 aliphatic rings. The molecule has 0 amide bonds. The monoisotopic (exact) mass is 286 g/mol. The number of hydrogen-bond acceptors (Lipinski definition) is 3. The van der Waals surface area contributed by atoms with Gasteiger partial charge in [-0.15, -0.1) is 0 Å². The lowest BCUT2D eigenvalue weighted by Crippen LogP contribution is -2.04. The van der Waals surface area contributed by atoms with E-state index in [9.17, 15) is 9.18 Å². The summed E-state index contributed by atoms with van der Waals surface area (Å²) >= 11 is 0. The van der Waals surface area contributed by atoms with Crippen molar-refractivity contribution in [2.75, 3.05) is 11.9 Å². The van der Waals surface area contributed by atoms with Crippen molar-refractivity contribution >= 4 is 11.5 Å². The van der Waals surface area contributed by atoms with Gasteiger partial charge in [-0.2, -0.15) is 0 Å². The molecule has 0 atom stereocenters. The molecule has 4 heteroatoms. The van der Waals surface area contributed by atoms with Crippen molar-refractivity contribution in [3.63, 3.8) is 0 Å². The smallest absolute Gasteiger partial charge is 0.129 e. The third-order valence-electron chi connectivity index (χ3n) is 3.26. The number of anilines is 1. The number of pyridine rings is 1. The largest absolute Gasteiger partial charge is 0.385 e. The van der Waals surface area contributed by atoms with Crippen LogP contribution in [0.5, 0.6) is 0 Å². The Morgan fingerprint density at radius 2 is 2.10 bits per heavy atom. The summed E-state index contributed by atoms with van der Waals surface area (Å²) in [5.74, 6) is -0.0310. The van der Waals surface area contributed by atoms with Crippen molar-refractivity contribution in [2.45, 2.75) is 26.7 Å². The molecular formula is C17H19FN2O. The summed E-state index contributed by atoms with van der Waals surface area (Å²) in [7, 11) is 0. The highest BCUT2D eigenvalue weighted by Gasteiger charge is 2.04. The minimum Gasteiger partial charge on any atom is -0.385 e. The zero-order chi connectivity index (χ0) is 15.2. The van der Waals surface area contributed by atoms with Crippen LogP contribution in [0.1, 0.15) is 25.3 Å². The second-order valence-electron chi connectivity index (χ2n) is 5.13. The molecule has 2 rings (SSSR count). The molecule has 0 fully saturated rings. The number of nitrogens with one attached hydrogen (secondary N) is 1. The second kappa shape index (κ2) is 6.97. The number of Topliss-reactive ketones (excluding diaryl/α,β-unsaturated/α-hetero) is 1. The standard InChI is InChI=1S/C17H19FN2O/c1-12-5-6-14(10-16(12)18)17-11-15(7-9-20-17)19-8-3-4-13(2)21/h5-7,9-11H,3-4,8H2,1-2H3,(H,19,20). The maximum atomic E-state index is 13.6. The Morgan fingerprint density at radius 1 is 1.29 bits per heavy atom. The molecule has 0 bridgehead atoms. The van der Waals surface area contributed by atoms with Crippen LogP contribution in [0.4, 0.5) is 10.1 Å². The van der Waals surface area contributed by atoms with Gasteiger partial charge < -0.3 is 10.1 Å². The average Bonchev–Trinajstić information content (AvgIpc) is 2.47. The Morgan fingerprint density at radius 3 is 2.81 bits per heavy atom. The van der Waals surface area contributed by atoms with E-state index >= 15 is 0 Å². The first kappa shape index (κ1) is 15.2. The van der Waals surface area contributed by atoms with Gasteiger partial charge in [0.05, 0.1) is 5.69 Å². The predicted molar refractivity (Wildman–Crippen MR) is 82.8 cm³/mol.